The van der Waals surface area contributed by atoms with Crippen molar-refractivity contribution in [3.63, 3.8) is 0 Å². The van der Waals surface area contributed by atoms with Crippen LogP contribution in [0, 0.1) is 0 Å². The van der Waals surface area contributed by atoms with E-state index in [9.17, 15) is 4.79 Å². The lowest BCUT2D eigenvalue weighted by molar-refractivity contribution is -0.116. The molecule has 1 aliphatic rings. The van der Waals surface area contributed by atoms with Crippen molar-refractivity contribution in [1.82, 2.24) is 4.98 Å². The highest BCUT2D eigenvalue weighted by atomic mass is 32.2. The van der Waals surface area contributed by atoms with Crippen LogP contribution in [0.1, 0.15) is 18.1 Å². The molecule has 25 heavy (non-hydrogen) atoms. The minimum atomic E-state index is 0.159. The lowest BCUT2D eigenvalue weighted by Crippen LogP contribution is -2.30. The number of nitrogens with zero attached hydrogens (tertiary/aromatic N) is 2. The predicted molar refractivity (Wildman–Crippen MR) is 104 cm³/mol. The summed E-state index contributed by atoms with van der Waals surface area (Å²) in [5.41, 5.74) is 4.52. The minimum absolute atomic E-state index is 0.159. The van der Waals surface area contributed by atoms with Gasteiger partial charge in [0.1, 0.15) is 5.03 Å². The smallest absolute Gasteiger partial charge is 0.237 e. The summed E-state index contributed by atoms with van der Waals surface area (Å²) >= 11 is 1.55. The molecule has 1 amide bonds. The van der Waals surface area contributed by atoms with Crippen LogP contribution in [-0.2, 0) is 17.6 Å². The van der Waals surface area contributed by atoms with E-state index in [1.54, 1.807) is 11.8 Å². The number of hydrogen-bond donors (Lipinski definition) is 0. The van der Waals surface area contributed by atoms with Crippen LogP contribution in [0.3, 0.4) is 0 Å². The molecular formula is C21H20N2OS. The van der Waals surface area contributed by atoms with Crippen molar-refractivity contribution in [2.24, 2.45) is 0 Å². The molecule has 4 rings (SSSR count). The van der Waals surface area contributed by atoms with Crippen molar-refractivity contribution in [3.05, 3.63) is 65.7 Å². The van der Waals surface area contributed by atoms with E-state index in [1.165, 1.54) is 11.1 Å². The van der Waals surface area contributed by atoms with E-state index in [0.717, 1.165) is 41.0 Å². The first-order valence-electron chi connectivity index (χ1n) is 8.66. The van der Waals surface area contributed by atoms with Crippen LogP contribution < -0.4 is 4.90 Å². The van der Waals surface area contributed by atoms with Crippen LogP contribution in [0.4, 0.5) is 5.69 Å². The third-order valence-electron chi connectivity index (χ3n) is 4.66. The number of aryl methyl sites for hydroxylation is 1. The maximum absolute atomic E-state index is 12.7. The number of fused-ring (bicyclic) bond motifs is 2. The molecule has 3 nitrogen and oxygen atoms in total. The normalized spacial score (nSPS) is 13.2. The summed E-state index contributed by atoms with van der Waals surface area (Å²) in [6, 6.07) is 18.5. The predicted octanol–water partition coefficient (Wildman–Crippen LogP) is 4.48. The summed E-state index contributed by atoms with van der Waals surface area (Å²) in [5, 5.41) is 2.13. The molecule has 0 radical (unpaired) electrons. The Labute approximate surface area is 152 Å². The number of hydrogen-bond acceptors (Lipinski definition) is 3. The quantitative estimate of drug-likeness (QED) is 0.652. The number of carbonyl (C=O) groups excluding carboxylic acids is 1. The molecule has 0 atom stereocenters. The summed E-state index contributed by atoms with van der Waals surface area (Å²) in [4.78, 5) is 19.4. The molecule has 3 aromatic rings. The van der Waals surface area contributed by atoms with Gasteiger partial charge in [-0.25, -0.2) is 4.98 Å². The minimum Gasteiger partial charge on any atom is -0.311 e. The third kappa shape index (κ3) is 3.14. The highest BCUT2D eigenvalue weighted by Crippen LogP contribution is 2.30. The van der Waals surface area contributed by atoms with Crippen molar-refractivity contribution in [2.75, 3.05) is 17.2 Å². The fourth-order valence-corrected chi connectivity index (χ4v) is 4.29. The molecule has 0 saturated heterocycles. The molecule has 0 N–H and O–H groups in total. The molecule has 0 aliphatic carbocycles. The number of carbonyl (C=O) groups is 1. The average molecular weight is 348 g/mol. The van der Waals surface area contributed by atoms with Gasteiger partial charge in [0, 0.05) is 17.6 Å². The molecule has 0 fully saturated rings. The van der Waals surface area contributed by atoms with Gasteiger partial charge in [-0.15, -0.1) is 0 Å². The van der Waals surface area contributed by atoms with Crippen LogP contribution in [0.2, 0.25) is 0 Å². The second-order valence-electron chi connectivity index (χ2n) is 6.21. The summed E-state index contributed by atoms with van der Waals surface area (Å²) in [7, 11) is 0. The maximum Gasteiger partial charge on any atom is 0.237 e. The Morgan fingerprint density at radius 1 is 1.16 bits per heavy atom. The Bertz CT molecular complexity index is 938. The first-order chi connectivity index (χ1) is 12.3. The number of amides is 1. The van der Waals surface area contributed by atoms with Crippen molar-refractivity contribution < 1.29 is 4.79 Å². The summed E-state index contributed by atoms with van der Waals surface area (Å²) in [6.45, 7) is 2.92. The van der Waals surface area contributed by atoms with E-state index in [4.69, 9.17) is 4.98 Å². The standard InChI is InChI=1S/C21H20N2OS/c1-2-15-13-17-8-3-5-9-18(17)22-21(15)25-14-20(24)23-12-11-16-7-4-6-10-19(16)23/h3-10,13H,2,11-12,14H2,1H3. The highest BCUT2D eigenvalue weighted by Gasteiger charge is 2.24. The summed E-state index contributed by atoms with van der Waals surface area (Å²) < 4.78 is 0. The second-order valence-corrected chi connectivity index (χ2v) is 7.18. The van der Waals surface area contributed by atoms with Crippen molar-refractivity contribution >= 4 is 34.3 Å². The van der Waals surface area contributed by atoms with E-state index in [0.29, 0.717) is 5.75 Å². The van der Waals surface area contributed by atoms with Crippen molar-refractivity contribution in [3.8, 4) is 0 Å². The van der Waals surface area contributed by atoms with Crippen LogP contribution in [-0.4, -0.2) is 23.2 Å². The summed E-state index contributed by atoms with van der Waals surface area (Å²) in [5.74, 6) is 0.583. The highest BCUT2D eigenvalue weighted by molar-refractivity contribution is 8.00. The lowest BCUT2D eigenvalue weighted by Gasteiger charge is -2.17. The average Bonchev–Trinajstić information content (AvgIpc) is 3.09. The van der Waals surface area contributed by atoms with E-state index in [1.807, 2.05) is 41.3 Å². The molecule has 0 bridgehead atoms. The topological polar surface area (TPSA) is 33.2 Å². The van der Waals surface area contributed by atoms with Gasteiger partial charge in [-0.2, -0.15) is 0 Å². The van der Waals surface area contributed by atoms with E-state index < -0.39 is 0 Å². The van der Waals surface area contributed by atoms with Gasteiger partial charge in [-0.1, -0.05) is 55.1 Å². The monoisotopic (exact) mass is 348 g/mol. The fourth-order valence-electron chi connectivity index (χ4n) is 3.33. The molecule has 0 saturated carbocycles. The number of thioether (sulfide) groups is 1. The summed E-state index contributed by atoms with van der Waals surface area (Å²) in [6.07, 6.45) is 1.86. The Morgan fingerprint density at radius 3 is 2.84 bits per heavy atom. The number of benzene rings is 2. The number of pyridine rings is 1. The fraction of sp³-hybridized carbons (Fsp3) is 0.238. The van der Waals surface area contributed by atoms with Gasteiger partial charge in [0.2, 0.25) is 5.91 Å². The Hall–Kier alpha value is -2.33. The van der Waals surface area contributed by atoms with E-state index in [-0.39, 0.29) is 5.91 Å². The second kappa shape index (κ2) is 6.89. The zero-order chi connectivity index (χ0) is 17.2. The molecule has 2 aromatic carbocycles. The van der Waals surface area contributed by atoms with Crippen LogP contribution in [0.25, 0.3) is 10.9 Å². The molecule has 2 heterocycles. The first-order valence-corrected chi connectivity index (χ1v) is 9.64. The number of anilines is 1. The zero-order valence-electron chi connectivity index (χ0n) is 14.2. The molecule has 4 heteroatoms. The molecule has 0 unspecified atom stereocenters. The van der Waals surface area contributed by atoms with Gasteiger partial charge in [0.25, 0.3) is 0 Å². The largest absolute Gasteiger partial charge is 0.311 e. The number of para-hydroxylation sites is 2. The van der Waals surface area contributed by atoms with Gasteiger partial charge in [0.05, 0.1) is 11.3 Å². The van der Waals surface area contributed by atoms with Gasteiger partial charge in [0.15, 0.2) is 0 Å². The lowest BCUT2D eigenvalue weighted by atomic mass is 10.1. The van der Waals surface area contributed by atoms with Crippen LogP contribution in [0.5, 0.6) is 0 Å². The molecule has 1 aromatic heterocycles. The first kappa shape index (κ1) is 16.2. The molecule has 126 valence electrons. The van der Waals surface area contributed by atoms with Crippen LogP contribution in [0.15, 0.2) is 59.6 Å². The molecular weight excluding hydrogens is 328 g/mol. The van der Waals surface area contributed by atoms with Gasteiger partial charge < -0.3 is 4.90 Å². The Kier molecular flexibility index (Phi) is 4.45. The van der Waals surface area contributed by atoms with Crippen molar-refractivity contribution in [1.29, 1.82) is 0 Å². The van der Waals surface area contributed by atoms with Gasteiger partial charge >= 0.3 is 0 Å². The molecule has 0 spiro atoms. The zero-order valence-corrected chi connectivity index (χ0v) is 15.1. The Morgan fingerprint density at radius 2 is 1.96 bits per heavy atom. The maximum atomic E-state index is 12.7. The van der Waals surface area contributed by atoms with Crippen LogP contribution >= 0.6 is 11.8 Å². The number of rotatable bonds is 4. The SMILES string of the molecule is CCc1cc2ccccc2nc1SCC(=O)N1CCc2ccccc21. The van der Waals surface area contributed by atoms with E-state index >= 15 is 0 Å². The molecule has 1 aliphatic heterocycles. The number of aromatic nitrogens is 1. The van der Waals surface area contributed by atoms with Crippen molar-refractivity contribution in [2.45, 2.75) is 24.8 Å². The van der Waals surface area contributed by atoms with Gasteiger partial charge in [-0.05, 0) is 42.2 Å². The third-order valence-corrected chi connectivity index (χ3v) is 5.68. The van der Waals surface area contributed by atoms with E-state index in [2.05, 4.69) is 25.1 Å². The Balaban J connectivity index is 1.53. The van der Waals surface area contributed by atoms with Gasteiger partial charge in [-0.3, -0.25) is 4.79 Å².